The normalized spacial score (nSPS) is 15.2. The fraction of sp³-hybridized carbons (Fsp3) is 0.778. The summed E-state index contributed by atoms with van der Waals surface area (Å²) in [6.45, 7) is 7.11. The largest absolute Gasteiger partial charge is 0.480 e. The molecule has 0 aliphatic carbocycles. The van der Waals surface area contributed by atoms with Crippen molar-refractivity contribution in [3.8, 4) is 0 Å². The van der Waals surface area contributed by atoms with E-state index in [0.717, 1.165) is 0 Å². The Labute approximate surface area is 166 Å². The molecular weight excluding hydrogens is 366 g/mol. The van der Waals surface area contributed by atoms with Crippen LogP contribution < -0.4 is 27.4 Å². The van der Waals surface area contributed by atoms with Crippen LogP contribution in [0.5, 0.6) is 0 Å². The van der Waals surface area contributed by atoms with Crippen molar-refractivity contribution in [3.63, 3.8) is 0 Å². The van der Waals surface area contributed by atoms with Gasteiger partial charge in [0.1, 0.15) is 18.1 Å². The van der Waals surface area contributed by atoms with Gasteiger partial charge in [-0.15, -0.1) is 0 Å². The number of nitrogens with two attached hydrogens (primary N) is 2. The first-order valence-electron chi connectivity index (χ1n) is 9.59. The smallest absolute Gasteiger partial charge is 0.326 e. The Kier molecular flexibility index (Phi) is 12.0. The zero-order valence-electron chi connectivity index (χ0n) is 17.2. The van der Waals surface area contributed by atoms with Gasteiger partial charge in [0.15, 0.2) is 0 Å². The van der Waals surface area contributed by atoms with Gasteiger partial charge in [0, 0.05) is 0 Å². The van der Waals surface area contributed by atoms with Gasteiger partial charge in [0.2, 0.25) is 17.7 Å². The average Bonchev–Trinajstić information content (AvgIpc) is 2.59. The molecule has 3 amide bonds. The first kappa shape index (κ1) is 25.8. The summed E-state index contributed by atoms with van der Waals surface area (Å²) in [6.07, 6.45) is 1.81. The number of carboxylic acids is 1. The van der Waals surface area contributed by atoms with Crippen molar-refractivity contribution < 1.29 is 24.3 Å². The molecule has 0 rings (SSSR count). The third kappa shape index (κ3) is 10.2. The molecule has 0 saturated carbocycles. The molecule has 162 valence electrons. The number of unbranched alkanes of at least 4 members (excludes halogenated alkanes) is 1. The molecule has 0 aromatic rings. The maximum Gasteiger partial charge on any atom is 0.326 e. The molecule has 10 nitrogen and oxygen atoms in total. The summed E-state index contributed by atoms with van der Waals surface area (Å²) in [4.78, 5) is 48.0. The van der Waals surface area contributed by atoms with E-state index in [1.807, 2.05) is 13.8 Å². The van der Waals surface area contributed by atoms with Crippen LogP contribution in [0.3, 0.4) is 0 Å². The van der Waals surface area contributed by atoms with Gasteiger partial charge in [-0.25, -0.2) is 4.79 Å². The van der Waals surface area contributed by atoms with Gasteiger partial charge in [-0.1, -0.05) is 13.8 Å². The van der Waals surface area contributed by atoms with Gasteiger partial charge in [-0.2, -0.15) is 0 Å². The lowest BCUT2D eigenvalue weighted by molar-refractivity contribution is -0.142. The van der Waals surface area contributed by atoms with Crippen LogP contribution in [0, 0.1) is 5.92 Å². The minimum absolute atomic E-state index is 0.0696. The fourth-order valence-corrected chi connectivity index (χ4v) is 2.43. The number of rotatable bonds is 13. The Balaban J connectivity index is 5.08. The van der Waals surface area contributed by atoms with Crippen molar-refractivity contribution in [3.05, 3.63) is 0 Å². The standard InChI is InChI=1S/C18H35N5O5/c1-10(2)9-14(18(27)28)23-17(26)13(7-5-6-8-19)22-16(25)12(4)21-15(24)11(3)20/h10-14H,5-9,19-20H2,1-4H3,(H,21,24)(H,22,25)(H,23,26)(H,27,28)/t11-,12-,13-,14-/m0/s1. The molecule has 8 N–H and O–H groups in total. The molecular formula is C18H35N5O5. The molecule has 0 radical (unpaired) electrons. The van der Waals surface area contributed by atoms with E-state index in [1.165, 1.54) is 13.8 Å². The first-order valence-corrected chi connectivity index (χ1v) is 9.59. The third-order valence-corrected chi connectivity index (χ3v) is 4.07. The van der Waals surface area contributed by atoms with E-state index in [4.69, 9.17) is 11.5 Å². The Hall–Kier alpha value is -2.20. The molecule has 0 saturated heterocycles. The number of amides is 3. The minimum atomic E-state index is -1.13. The molecule has 0 bridgehead atoms. The summed E-state index contributed by atoms with van der Waals surface area (Å²) >= 11 is 0. The van der Waals surface area contributed by atoms with Crippen molar-refractivity contribution in [2.45, 2.75) is 77.5 Å². The van der Waals surface area contributed by atoms with Crippen LogP contribution in [-0.4, -0.2) is 59.5 Å². The number of carbonyl (C=O) groups excluding carboxylic acids is 3. The Bertz CT molecular complexity index is 538. The van der Waals surface area contributed by atoms with E-state index >= 15 is 0 Å². The van der Waals surface area contributed by atoms with Crippen molar-refractivity contribution >= 4 is 23.7 Å². The van der Waals surface area contributed by atoms with Gasteiger partial charge in [0.05, 0.1) is 6.04 Å². The van der Waals surface area contributed by atoms with Crippen LogP contribution in [0.15, 0.2) is 0 Å². The fourth-order valence-electron chi connectivity index (χ4n) is 2.43. The molecule has 4 atom stereocenters. The summed E-state index contributed by atoms with van der Waals surface area (Å²) in [5.41, 5.74) is 10.9. The number of aliphatic carboxylic acids is 1. The number of carboxylic acid groups (broad SMARTS) is 1. The number of carbonyl (C=O) groups is 4. The molecule has 0 aromatic carbocycles. The van der Waals surface area contributed by atoms with Gasteiger partial charge in [-0.3, -0.25) is 14.4 Å². The van der Waals surface area contributed by atoms with Gasteiger partial charge < -0.3 is 32.5 Å². The van der Waals surface area contributed by atoms with Crippen LogP contribution in [0.2, 0.25) is 0 Å². The predicted octanol–water partition coefficient (Wildman–Crippen LogP) is -0.932. The highest BCUT2D eigenvalue weighted by atomic mass is 16.4. The molecule has 0 unspecified atom stereocenters. The zero-order chi connectivity index (χ0) is 21.9. The second-order valence-corrected chi connectivity index (χ2v) is 7.39. The van der Waals surface area contributed by atoms with Crippen molar-refractivity contribution in [2.75, 3.05) is 6.54 Å². The average molecular weight is 402 g/mol. The van der Waals surface area contributed by atoms with Crippen LogP contribution in [-0.2, 0) is 19.2 Å². The van der Waals surface area contributed by atoms with Crippen LogP contribution in [0.1, 0.15) is 53.4 Å². The minimum Gasteiger partial charge on any atom is -0.480 e. The second kappa shape index (κ2) is 13.1. The highest BCUT2D eigenvalue weighted by molar-refractivity contribution is 5.93. The summed E-state index contributed by atoms with van der Waals surface area (Å²) in [7, 11) is 0. The Morgan fingerprint density at radius 2 is 1.43 bits per heavy atom. The number of hydrogen-bond donors (Lipinski definition) is 6. The lowest BCUT2D eigenvalue weighted by atomic mass is 10.0. The zero-order valence-corrected chi connectivity index (χ0v) is 17.2. The van der Waals surface area contributed by atoms with Gasteiger partial charge in [-0.05, 0) is 52.0 Å². The number of nitrogens with one attached hydrogen (secondary N) is 3. The maximum absolute atomic E-state index is 12.6. The molecule has 0 fully saturated rings. The molecule has 0 aliphatic rings. The molecule has 28 heavy (non-hydrogen) atoms. The second-order valence-electron chi connectivity index (χ2n) is 7.39. The third-order valence-electron chi connectivity index (χ3n) is 4.07. The molecule has 0 heterocycles. The monoisotopic (exact) mass is 401 g/mol. The van der Waals surface area contributed by atoms with Crippen LogP contribution in [0.4, 0.5) is 0 Å². The van der Waals surface area contributed by atoms with Gasteiger partial charge >= 0.3 is 5.97 Å². The molecule has 10 heteroatoms. The van der Waals surface area contributed by atoms with Crippen molar-refractivity contribution in [1.29, 1.82) is 0 Å². The van der Waals surface area contributed by atoms with Gasteiger partial charge in [0.25, 0.3) is 0 Å². The van der Waals surface area contributed by atoms with Crippen molar-refractivity contribution in [1.82, 2.24) is 16.0 Å². The summed E-state index contributed by atoms with van der Waals surface area (Å²) in [6, 6.07) is -3.64. The van der Waals surface area contributed by atoms with E-state index in [9.17, 15) is 24.3 Å². The lowest BCUT2D eigenvalue weighted by Crippen LogP contribution is -2.56. The van der Waals surface area contributed by atoms with Crippen LogP contribution in [0.25, 0.3) is 0 Å². The SMILES string of the molecule is CC(C)C[C@H](NC(=O)[C@H](CCCCN)NC(=O)[C@H](C)NC(=O)[C@H](C)N)C(=O)O. The highest BCUT2D eigenvalue weighted by Crippen LogP contribution is 2.07. The van der Waals surface area contributed by atoms with Crippen molar-refractivity contribution in [2.24, 2.45) is 17.4 Å². The summed E-state index contributed by atoms with van der Waals surface area (Å²) in [5.74, 6) is -2.69. The molecule has 0 spiro atoms. The van der Waals surface area contributed by atoms with E-state index in [2.05, 4.69) is 16.0 Å². The lowest BCUT2D eigenvalue weighted by Gasteiger charge is -2.24. The Morgan fingerprint density at radius 3 is 1.89 bits per heavy atom. The molecule has 0 aliphatic heterocycles. The quantitative estimate of drug-likeness (QED) is 0.216. The van der Waals surface area contributed by atoms with E-state index in [0.29, 0.717) is 25.8 Å². The van der Waals surface area contributed by atoms with E-state index < -0.39 is 47.9 Å². The number of hydrogen-bond acceptors (Lipinski definition) is 6. The maximum atomic E-state index is 12.6. The highest BCUT2D eigenvalue weighted by Gasteiger charge is 2.28. The topological polar surface area (TPSA) is 177 Å². The van der Waals surface area contributed by atoms with Crippen LogP contribution >= 0.6 is 0 Å². The van der Waals surface area contributed by atoms with E-state index in [-0.39, 0.29) is 12.3 Å². The first-order chi connectivity index (χ1) is 13.0. The van der Waals surface area contributed by atoms with E-state index in [1.54, 1.807) is 0 Å². The Morgan fingerprint density at radius 1 is 0.857 bits per heavy atom. The summed E-state index contributed by atoms with van der Waals surface area (Å²) in [5, 5.41) is 16.8. The molecule has 0 aromatic heterocycles. The summed E-state index contributed by atoms with van der Waals surface area (Å²) < 4.78 is 0. The predicted molar refractivity (Wildman–Crippen MR) is 105 cm³/mol.